The zero-order chi connectivity index (χ0) is 17.0. The van der Waals surface area contributed by atoms with Gasteiger partial charge in [0.05, 0.1) is 12.1 Å². The minimum atomic E-state index is -0.855. The Kier molecular flexibility index (Phi) is 4.81. The van der Waals surface area contributed by atoms with Crippen LogP contribution in [0.15, 0.2) is 53.5 Å². The molecule has 0 bridgehead atoms. The van der Waals surface area contributed by atoms with Gasteiger partial charge in [0.25, 0.3) is 11.5 Å². The van der Waals surface area contributed by atoms with E-state index in [0.717, 1.165) is 18.4 Å². The zero-order valence-corrected chi connectivity index (χ0v) is 13.6. The number of hydrogen-bond acceptors (Lipinski definition) is 3. The highest BCUT2D eigenvalue weighted by molar-refractivity contribution is 5.93. The Morgan fingerprint density at radius 3 is 2.50 bits per heavy atom. The van der Waals surface area contributed by atoms with Crippen LogP contribution in [0.4, 0.5) is 0 Å². The first-order valence-corrected chi connectivity index (χ1v) is 8.31. The molecule has 0 spiro atoms. The molecule has 0 aliphatic heterocycles. The van der Waals surface area contributed by atoms with Crippen LogP contribution in [0.5, 0.6) is 0 Å². The molecule has 5 heteroatoms. The molecule has 1 aliphatic rings. The number of aliphatic hydroxyl groups is 1. The summed E-state index contributed by atoms with van der Waals surface area (Å²) in [5.74, 6) is -0.346. The van der Waals surface area contributed by atoms with Crippen LogP contribution in [-0.2, 0) is 6.54 Å². The smallest absolute Gasteiger partial charge is 0.260 e. The highest BCUT2D eigenvalue weighted by atomic mass is 16.3. The van der Waals surface area contributed by atoms with Gasteiger partial charge in [-0.05, 0) is 30.5 Å². The normalized spacial score (nSPS) is 16.0. The van der Waals surface area contributed by atoms with Crippen LogP contribution in [0.2, 0.25) is 0 Å². The average Bonchev–Trinajstić information content (AvgIpc) is 3.01. The first-order valence-electron chi connectivity index (χ1n) is 8.31. The highest BCUT2D eigenvalue weighted by Gasteiger charge is 2.35. The zero-order valence-electron chi connectivity index (χ0n) is 13.6. The standard InChI is InChI=1S/C19H22N2O3/c22-17-16(9-6-12-20-17)18(23)21(13-15-7-2-1-3-8-15)14-19(24)10-4-5-11-19/h1-3,6-9,12,24H,4-5,10-11,13-14H2,(H,20,22). The van der Waals surface area contributed by atoms with E-state index in [2.05, 4.69) is 4.98 Å². The van der Waals surface area contributed by atoms with E-state index in [-0.39, 0.29) is 18.0 Å². The summed E-state index contributed by atoms with van der Waals surface area (Å²) in [5, 5.41) is 10.7. The van der Waals surface area contributed by atoms with Crippen molar-refractivity contribution in [3.63, 3.8) is 0 Å². The van der Waals surface area contributed by atoms with Crippen molar-refractivity contribution in [3.8, 4) is 0 Å². The third kappa shape index (κ3) is 3.74. The minimum Gasteiger partial charge on any atom is -0.388 e. The quantitative estimate of drug-likeness (QED) is 0.885. The lowest BCUT2D eigenvalue weighted by Gasteiger charge is -2.31. The fourth-order valence-corrected chi connectivity index (χ4v) is 3.31. The van der Waals surface area contributed by atoms with Crippen LogP contribution in [0, 0.1) is 0 Å². The van der Waals surface area contributed by atoms with E-state index >= 15 is 0 Å². The van der Waals surface area contributed by atoms with Crippen molar-refractivity contribution in [2.75, 3.05) is 6.54 Å². The molecule has 24 heavy (non-hydrogen) atoms. The summed E-state index contributed by atoms with van der Waals surface area (Å²) in [4.78, 5) is 29.0. The van der Waals surface area contributed by atoms with Gasteiger partial charge in [-0.3, -0.25) is 9.59 Å². The van der Waals surface area contributed by atoms with E-state index in [4.69, 9.17) is 0 Å². The average molecular weight is 326 g/mol. The van der Waals surface area contributed by atoms with Crippen LogP contribution in [0.25, 0.3) is 0 Å². The second-order valence-electron chi connectivity index (χ2n) is 6.49. The predicted molar refractivity (Wildman–Crippen MR) is 91.7 cm³/mol. The molecule has 126 valence electrons. The maximum atomic E-state index is 12.9. The minimum absolute atomic E-state index is 0.107. The van der Waals surface area contributed by atoms with E-state index in [9.17, 15) is 14.7 Å². The van der Waals surface area contributed by atoms with Crippen LogP contribution >= 0.6 is 0 Å². The van der Waals surface area contributed by atoms with Crippen LogP contribution in [0.3, 0.4) is 0 Å². The molecule has 1 saturated carbocycles. The molecule has 0 unspecified atom stereocenters. The molecule has 2 aromatic rings. The van der Waals surface area contributed by atoms with Gasteiger partial charge in [0.1, 0.15) is 5.56 Å². The van der Waals surface area contributed by atoms with E-state index in [0.29, 0.717) is 19.4 Å². The van der Waals surface area contributed by atoms with Crippen molar-refractivity contribution >= 4 is 5.91 Å². The van der Waals surface area contributed by atoms with E-state index in [1.54, 1.807) is 11.0 Å². The van der Waals surface area contributed by atoms with Gasteiger partial charge in [0.2, 0.25) is 0 Å². The number of aromatic amines is 1. The van der Waals surface area contributed by atoms with Gasteiger partial charge < -0.3 is 15.0 Å². The number of aromatic nitrogens is 1. The van der Waals surface area contributed by atoms with Gasteiger partial charge in [0.15, 0.2) is 0 Å². The monoisotopic (exact) mass is 326 g/mol. The van der Waals surface area contributed by atoms with Crippen molar-refractivity contribution in [1.29, 1.82) is 0 Å². The van der Waals surface area contributed by atoms with Gasteiger partial charge in [0, 0.05) is 12.7 Å². The Morgan fingerprint density at radius 1 is 1.12 bits per heavy atom. The topological polar surface area (TPSA) is 73.4 Å². The predicted octanol–water partition coefficient (Wildman–Crippen LogP) is 2.32. The highest BCUT2D eigenvalue weighted by Crippen LogP contribution is 2.31. The molecule has 1 aromatic carbocycles. The van der Waals surface area contributed by atoms with Crippen LogP contribution < -0.4 is 5.56 Å². The Bertz CT molecular complexity index is 748. The Balaban J connectivity index is 1.87. The molecule has 1 heterocycles. The third-order valence-corrected chi connectivity index (χ3v) is 4.57. The summed E-state index contributed by atoms with van der Waals surface area (Å²) in [5.41, 5.74) is -0.180. The van der Waals surface area contributed by atoms with E-state index < -0.39 is 11.2 Å². The van der Waals surface area contributed by atoms with E-state index in [1.807, 2.05) is 30.3 Å². The lowest BCUT2D eigenvalue weighted by atomic mass is 10.0. The van der Waals surface area contributed by atoms with Crippen molar-refractivity contribution in [2.45, 2.75) is 37.8 Å². The van der Waals surface area contributed by atoms with Gasteiger partial charge in [-0.15, -0.1) is 0 Å². The number of hydrogen-bond donors (Lipinski definition) is 2. The van der Waals surface area contributed by atoms with E-state index in [1.165, 1.54) is 12.3 Å². The number of H-pyrrole nitrogens is 1. The second kappa shape index (κ2) is 7.01. The van der Waals surface area contributed by atoms with Crippen LogP contribution in [-0.4, -0.2) is 33.0 Å². The maximum Gasteiger partial charge on any atom is 0.260 e. The summed E-state index contributed by atoms with van der Waals surface area (Å²) in [6.07, 6.45) is 4.82. The molecule has 1 fully saturated rings. The molecule has 3 rings (SSSR count). The number of nitrogens with one attached hydrogen (secondary N) is 1. The summed E-state index contributed by atoms with van der Waals surface area (Å²) < 4.78 is 0. The Labute approximate surface area is 140 Å². The summed E-state index contributed by atoms with van der Waals surface area (Å²) in [7, 11) is 0. The molecule has 1 amide bonds. The van der Waals surface area contributed by atoms with Crippen molar-refractivity contribution in [1.82, 2.24) is 9.88 Å². The Morgan fingerprint density at radius 2 is 1.83 bits per heavy atom. The number of nitrogens with zero attached hydrogens (tertiary/aromatic N) is 1. The Hall–Kier alpha value is -2.40. The number of rotatable bonds is 5. The fourth-order valence-electron chi connectivity index (χ4n) is 3.31. The molecule has 0 saturated heterocycles. The summed E-state index contributed by atoms with van der Waals surface area (Å²) in [6.45, 7) is 0.616. The second-order valence-corrected chi connectivity index (χ2v) is 6.49. The first-order chi connectivity index (χ1) is 11.6. The molecule has 1 aliphatic carbocycles. The third-order valence-electron chi connectivity index (χ3n) is 4.57. The number of pyridine rings is 1. The fraction of sp³-hybridized carbons (Fsp3) is 0.368. The molecule has 2 N–H and O–H groups in total. The molecule has 1 aromatic heterocycles. The molecule has 0 radical (unpaired) electrons. The number of carbonyl (C=O) groups excluding carboxylic acids is 1. The van der Waals surface area contributed by atoms with Crippen LogP contribution in [0.1, 0.15) is 41.6 Å². The number of benzene rings is 1. The van der Waals surface area contributed by atoms with Crippen molar-refractivity contribution < 1.29 is 9.90 Å². The number of amides is 1. The summed E-state index contributed by atoms with van der Waals surface area (Å²) >= 11 is 0. The van der Waals surface area contributed by atoms with Gasteiger partial charge in [-0.1, -0.05) is 43.2 Å². The van der Waals surface area contributed by atoms with Crippen molar-refractivity contribution in [3.05, 3.63) is 70.1 Å². The largest absolute Gasteiger partial charge is 0.388 e. The SMILES string of the molecule is O=C(c1ccc[nH]c1=O)N(Cc1ccccc1)CC1(O)CCCC1. The molecular weight excluding hydrogens is 304 g/mol. The van der Waals surface area contributed by atoms with Gasteiger partial charge >= 0.3 is 0 Å². The van der Waals surface area contributed by atoms with Crippen molar-refractivity contribution in [2.24, 2.45) is 0 Å². The lowest BCUT2D eigenvalue weighted by Crippen LogP contribution is -2.45. The first kappa shape index (κ1) is 16.5. The lowest BCUT2D eigenvalue weighted by molar-refractivity contribution is 0.00779. The molecular formula is C19H22N2O3. The maximum absolute atomic E-state index is 12.9. The van der Waals surface area contributed by atoms with Gasteiger partial charge in [-0.25, -0.2) is 0 Å². The summed E-state index contributed by atoms with van der Waals surface area (Å²) in [6, 6.07) is 12.8. The molecule has 5 nitrogen and oxygen atoms in total. The molecule has 0 atom stereocenters. The van der Waals surface area contributed by atoms with Gasteiger partial charge in [-0.2, -0.15) is 0 Å². The number of carbonyl (C=O) groups is 1.